The fourth-order valence-corrected chi connectivity index (χ4v) is 4.09. The first-order valence-corrected chi connectivity index (χ1v) is 10.4. The first kappa shape index (κ1) is 20.0. The molecule has 3 rings (SSSR count). The highest BCUT2D eigenvalue weighted by Crippen LogP contribution is 2.23. The predicted molar refractivity (Wildman–Crippen MR) is 113 cm³/mol. The molecule has 0 radical (unpaired) electrons. The van der Waals surface area contributed by atoms with Crippen molar-refractivity contribution in [2.45, 2.75) is 26.7 Å². The first-order chi connectivity index (χ1) is 13.0. The third kappa shape index (κ3) is 5.84. The van der Waals surface area contributed by atoms with Gasteiger partial charge in [0.15, 0.2) is 0 Å². The van der Waals surface area contributed by atoms with Crippen molar-refractivity contribution in [3.05, 3.63) is 23.8 Å². The minimum absolute atomic E-state index is 0.0983. The molecule has 150 valence electrons. The number of benzene rings is 1. The highest BCUT2D eigenvalue weighted by Gasteiger charge is 2.22. The maximum atomic E-state index is 12.4. The number of amides is 2. The van der Waals surface area contributed by atoms with Crippen molar-refractivity contribution in [1.82, 2.24) is 15.1 Å². The van der Waals surface area contributed by atoms with Crippen LogP contribution in [0.2, 0.25) is 0 Å². The van der Waals surface area contributed by atoms with Gasteiger partial charge in [0.2, 0.25) is 0 Å². The van der Waals surface area contributed by atoms with Crippen molar-refractivity contribution in [2.75, 3.05) is 69.6 Å². The Labute approximate surface area is 163 Å². The summed E-state index contributed by atoms with van der Waals surface area (Å²) < 4.78 is 0. The van der Waals surface area contributed by atoms with Crippen LogP contribution in [0.15, 0.2) is 18.2 Å². The molecule has 2 fully saturated rings. The molecule has 1 aromatic carbocycles. The summed E-state index contributed by atoms with van der Waals surface area (Å²) in [5.74, 6) is 0.570. The van der Waals surface area contributed by atoms with Gasteiger partial charge in [-0.3, -0.25) is 0 Å². The van der Waals surface area contributed by atoms with Crippen molar-refractivity contribution in [1.29, 1.82) is 0 Å². The fourth-order valence-electron chi connectivity index (χ4n) is 4.09. The van der Waals surface area contributed by atoms with E-state index in [0.29, 0.717) is 5.92 Å². The van der Waals surface area contributed by atoms with Crippen LogP contribution in [0.1, 0.15) is 25.3 Å². The summed E-state index contributed by atoms with van der Waals surface area (Å²) in [6.07, 6.45) is 2.38. The molecule has 1 unspecified atom stereocenters. The molecule has 2 heterocycles. The maximum absolute atomic E-state index is 12.4. The van der Waals surface area contributed by atoms with Gasteiger partial charge < -0.3 is 25.3 Å². The second-order valence-electron chi connectivity index (χ2n) is 8.14. The number of hydrogen-bond acceptors (Lipinski definition) is 4. The third-order valence-electron chi connectivity index (χ3n) is 5.65. The van der Waals surface area contributed by atoms with Gasteiger partial charge in [-0.05, 0) is 69.6 Å². The Hall–Kier alpha value is -1.79. The van der Waals surface area contributed by atoms with Gasteiger partial charge >= 0.3 is 6.03 Å². The molecule has 1 atom stereocenters. The van der Waals surface area contributed by atoms with E-state index in [1.165, 1.54) is 30.6 Å². The van der Waals surface area contributed by atoms with Crippen molar-refractivity contribution in [3.63, 3.8) is 0 Å². The molecule has 6 nitrogen and oxygen atoms in total. The Morgan fingerprint density at radius 1 is 1.15 bits per heavy atom. The number of anilines is 2. The molecule has 1 aromatic rings. The van der Waals surface area contributed by atoms with Gasteiger partial charge in [-0.25, -0.2) is 4.79 Å². The van der Waals surface area contributed by atoms with Gasteiger partial charge in [0, 0.05) is 50.6 Å². The van der Waals surface area contributed by atoms with Crippen LogP contribution in [0.25, 0.3) is 0 Å². The van der Waals surface area contributed by atoms with Crippen molar-refractivity contribution < 1.29 is 4.79 Å². The lowest BCUT2D eigenvalue weighted by Crippen LogP contribution is -2.44. The number of nitrogens with one attached hydrogen (secondary N) is 2. The van der Waals surface area contributed by atoms with E-state index in [9.17, 15) is 4.79 Å². The molecule has 0 aromatic heterocycles. The number of piperazine rings is 1. The Bertz CT molecular complexity index is 627. The molecular weight excluding hydrogens is 338 g/mol. The Balaban J connectivity index is 1.50. The lowest BCUT2D eigenvalue weighted by molar-refractivity contribution is 0.249. The molecule has 0 saturated carbocycles. The average Bonchev–Trinajstić information content (AvgIpc) is 3.08. The summed E-state index contributed by atoms with van der Waals surface area (Å²) in [5.41, 5.74) is 3.25. The zero-order chi connectivity index (χ0) is 19.2. The van der Waals surface area contributed by atoms with Crippen LogP contribution in [0, 0.1) is 12.8 Å². The number of hydrogen-bond donors (Lipinski definition) is 2. The third-order valence-corrected chi connectivity index (χ3v) is 5.65. The van der Waals surface area contributed by atoms with Crippen LogP contribution in [0.4, 0.5) is 16.2 Å². The number of nitrogens with zero attached hydrogens (tertiary/aromatic N) is 3. The van der Waals surface area contributed by atoms with Crippen molar-refractivity contribution in [3.8, 4) is 0 Å². The summed E-state index contributed by atoms with van der Waals surface area (Å²) in [7, 11) is 2.16. The standard InChI is InChI=1S/C21H35N5O/c1-4-6-25-7-5-18(16-25)15-22-21(27)23-19-12-17(2)13-20(14-19)26-10-8-24(3)9-11-26/h12-14,18H,4-11,15-16H2,1-3H3,(H2,22,23,27). The smallest absolute Gasteiger partial charge is 0.319 e. The van der Waals surface area contributed by atoms with E-state index in [-0.39, 0.29) is 6.03 Å². The van der Waals surface area contributed by atoms with E-state index in [4.69, 9.17) is 0 Å². The van der Waals surface area contributed by atoms with Crippen molar-refractivity contribution in [2.24, 2.45) is 5.92 Å². The lowest BCUT2D eigenvalue weighted by atomic mass is 10.1. The molecule has 0 aliphatic carbocycles. The first-order valence-electron chi connectivity index (χ1n) is 10.4. The van der Waals surface area contributed by atoms with Gasteiger partial charge in [0.1, 0.15) is 0 Å². The second kappa shape index (κ2) is 9.42. The maximum Gasteiger partial charge on any atom is 0.319 e. The largest absolute Gasteiger partial charge is 0.369 e. The van der Waals surface area contributed by atoms with Crippen LogP contribution in [0.5, 0.6) is 0 Å². The Kier molecular flexibility index (Phi) is 6.96. The number of rotatable bonds is 6. The fraction of sp³-hybridized carbons (Fsp3) is 0.667. The van der Waals surface area contributed by atoms with Gasteiger partial charge in [0.05, 0.1) is 0 Å². The van der Waals surface area contributed by atoms with Crippen LogP contribution < -0.4 is 15.5 Å². The summed E-state index contributed by atoms with van der Waals surface area (Å²) in [4.78, 5) is 19.6. The molecule has 0 bridgehead atoms. The normalized spacial score (nSPS) is 21.4. The summed E-state index contributed by atoms with van der Waals surface area (Å²) in [6, 6.07) is 6.24. The monoisotopic (exact) mass is 373 g/mol. The van der Waals surface area contributed by atoms with Crippen LogP contribution in [0.3, 0.4) is 0 Å². The van der Waals surface area contributed by atoms with E-state index in [2.05, 4.69) is 58.4 Å². The zero-order valence-electron chi connectivity index (χ0n) is 17.1. The number of urea groups is 1. The number of carbonyl (C=O) groups excluding carboxylic acids is 1. The van der Waals surface area contributed by atoms with Gasteiger partial charge in [0.25, 0.3) is 0 Å². The van der Waals surface area contributed by atoms with Gasteiger partial charge in [-0.2, -0.15) is 0 Å². The predicted octanol–water partition coefficient (Wildman–Crippen LogP) is 2.60. The highest BCUT2D eigenvalue weighted by molar-refractivity contribution is 5.90. The number of likely N-dealkylation sites (N-methyl/N-ethyl adjacent to an activating group) is 1. The molecule has 6 heteroatoms. The molecule has 2 aliphatic heterocycles. The Morgan fingerprint density at radius 2 is 1.93 bits per heavy atom. The minimum atomic E-state index is -0.0983. The molecule has 2 N–H and O–H groups in total. The average molecular weight is 374 g/mol. The van der Waals surface area contributed by atoms with E-state index in [1.807, 2.05) is 6.07 Å². The molecule has 2 amide bonds. The van der Waals surface area contributed by atoms with Crippen LogP contribution in [-0.2, 0) is 0 Å². The Morgan fingerprint density at radius 3 is 2.67 bits per heavy atom. The minimum Gasteiger partial charge on any atom is -0.369 e. The summed E-state index contributed by atoms with van der Waals surface area (Å²) in [6.45, 7) is 12.7. The number of likely N-dealkylation sites (tertiary alicyclic amines) is 1. The molecule has 2 saturated heterocycles. The molecule has 2 aliphatic rings. The van der Waals surface area contributed by atoms with Crippen molar-refractivity contribution >= 4 is 17.4 Å². The van der Waals surface area contributed by atoms with Crippen LogP contribution in [-0.4, -0.2) is 75.2 Å². The number of aryl methyl sites for hydroxylation is 1. The van der Waals surface area contributed by atoms with E-state index in [1.54, 1.807) is 0 Å². The summed E-state index contributed by atoms with van der Waals surface area (Å²) in [5, 5.41) is 6.09. The summed E-state index contributed by atoms with van der Waals surface area (Å²) >= 11 is 0. The van der Waals surface area contributed by atoms with Gasteiger partial charge in [-0.1, -0.05) is 6.92 Å². The molecule has 0 spiro atoms. The highest BCUT2D eigenvalue weighted by atomic mass is 16.2. The second-order valence-corrected chi connectivity index (χ2v) is 8.14. The van der Waals surface area contributed by atoms with E-state index in [0.717, 1.165) is 51.5 Å². The zero-order valence-corrected chi connectivity index (χ0v) is 17.1. The quantitative estimate of drug-likeness (QED) is 0.805. The lowest BCUT2D eigenvalue weighted by Gasteiger charge is -2.34. The van der Waals surface area contributed by atoms with Gasteiger partial charge in [-0.15, -0.1) is 0 Å². The molecular formula is C21H35N5O. The molecule has 27 heavy (non-hydrogen) atoms. The van der Waals surface area contributed by atoms with E-state index >= 15 is 0 Å². The topological polar surface area (TPSA) is 50.9 Å². The SMILES string of the molecule is CCCN1CCC(CNC(=O)Nc2cc(C)cc(N3CCN(C)CC3)c2)C1. The van der Waals surface area contributed by atoms with E-state index < -0.39 is 0 Å². The number of carbonyl (C=O) groups is 1. The van der Waals surface area contributed by atoms with Crippen LogP contribution >= 0.6 is 0 Å².